The van der Waals surface area contributed by atoms with Gasteiger partial charge in [0, 0.05) is 23.6 Å². The number of hydrogen-bond acceptors (Lipinski definition) is 1. The predicted molar refractivity (Wildman–Crippen MR) is 76.9 cm³/mol. The Morgan fingerprint density at radius 1 is 1.33 bits per heavy atom. The van der Waals surface area contributed by atoms with E-state index >= 15 is 0 Å². The number of aryl methyl sites for hydroxylation is 2. The highest BCUT2D eigenvalue weighted by Crippen LogP contribution is 2.21. The lowest BCUT2D eigenvalue weighted by Crippen LogP contribution is -2.30. The van der Waals surface area contributed by atoms with Gasteiger partial charge in [0.1, 0.15) is 0 Å². The molecule has 1 atom stereocenters. The maximum Gasteiger partial charge on any atom is 0.0482 e. The third-order valence-corrected chi connectivity index (χ3v) is 4.21. The highest BCUT2D eigenvalue weighted by atomic mass is 15.0. The van der Waals surface area contributed by atoms with Crippen LogP contribution in [-0.4, -0.2) is 17.7 Å². The lowest BCUT2D eigenvalue weighted by molar-refractivity contribution is 0.343. The molecule has 0 amide bonds. The molecule has 1 fully saturated rings. The SMILES string of the molecule is Cc1cccc2c1ccn2CCC1CCCNC1. The van der Waals surface area contributed by atoms with E-state index in [2.05, 4.69) is 47.3 Å². The Morgan fingerprint density at radius 2 is 2.28 bits per heavy atom. The summed E-state index contributed by atoms with van der Waals surface area (Å²) in [5, 5.41) is 4.90. The molecule has 1 saturated heterocycles. The fourth-order valence-electron chi connectivity index (χ4n) is 3.06. The third-order valence-electron chi connectivity index (χ3n) is 4.21. The summed E-state index contributed by atoms with van der Waals surface area (Å²) >= 11 is 0. The molecule has 0 bridgehead atoms. The van der Waals surface area contributed by atoms with Gasteiger partial charge in [-0.3, -0.25) is 0 Å². The van der Waals surface area contributed by atoms with Crippen LogP contribution in [0.1, 0.15) is 24.8 Å². The van der Waals surface area contributed by atoms with Crippen molar-refractivity contribution in [1.29, 1.82) is 0 Å². The van der Waals surface area contributed by atoms with Crippen molar-refractivity contribution in [2.45, 2.75) is 32.7 Å². The topological polar surface area (TPSA) is 17.0 Å². The second kappa shape index (κ2) is 5.15. The van der Waals surface area contributed by atoms with Gasteiger partial charge in [-0.05, 0) is 62.9 Å². The van der Waals surface area contributed by atoms with Crippen molar-refractivity contribution < 1.29 is 0 Å². The van der Waals surface area contributed by atoms with Crippen molar-refractivity contribution in [2.75, 3.05) is 13.1 Å². The van der Waals surface area contributed by atoms with Gasteiger partial charge in [-0.1, -0.05) is 12.1 Å². The van der Waals surface area contributed by atoms with Crippen LogP contribution in [0.4, 0.5) is 0 Å². The Labute approximate surface area is 109 Å². The summed E-state index contributed by atoms with van der Waals surface area (Å²) < 4.78 is 2.41. The molecule has 2 aromatic rings. The molecule has 1 aromatic carbocycles. The van der Waals surface area contributed by atoms with Crippen LogP contribution in [0.5, 0.6) is 0 Å². The Morgan fingerprint density at radius 3 is 3.11 bits per heavy atom. The lowest BCUT2D eigenvalue weighted by Gasteiger charge is -2.22. The molecule has 1 aliphatic heterocycles. The normalized spacial score (nSPS) is 20.4. The van der Waals surface area contributed by atoms with Gasteiger partial charge in [0.25, 0.3) is 0 Å². The van der Waals surface area contributed by atoms with Crippen LogP contribution in [0, 0.1) is 12.8 Å². The van der Waals surface area contributed by atoms with Crippen LogP contribution in [0.15, 0.2) is 30.5 Å². The first kappa shape index (κ1) is 11.8. The molecule has 1 aromatic heterocycles. The van der Waals surface area contributed by atoms with E-state index in [0.29, 0.717) is 0 Å². The molecule has 18 heavy (non-hydrogen) atoms. The molecular formula is C16H22N2. The first-order valence-corrected chi connectivity index (χ1v) is 7.10. The van der Waals surface area contributed by atoms with Gasteiger partial charge in [0.15, 0.2) is 0 Å². The molecule has 96 valence electrons. The van der Waals surface area contributed by atoms with Gasteiger partial charge < -0.3 is 9.88 Å². The fourth-order valence-corrected chi connectivity index (χ4v) is 3.06. The van der Waals surface area contributed by atoms with Gasteiger partial charge in [0.2, 0.25) is 0 Å². The van der Waals surface area contributed by atoms with Crippen molar-refractivity contribution in [3.05, 3.63) is 36.0 Å². The number of benzene rings is 1. The molecule has 2 nitrogen and oxygen atoms in total. The van der Waals surface area contributed by atoms with Crippen molar-refractivity contribution in [3.63, 3.8) is 0 Å². The molecule has 1 unspecified atom stereocenters. The van der Waals surface area contributed by atoms with E-state index in [1.54, 1.807) is 0 Å². The highest BCUT2D eigenvalue weighted by molar-refractivity contribution is 5.83. The molecule has 0 saturated carbocycles. The van der Waals surface area contributed by atoms with Gasteiger partial charge in [-0.25, -0.2) is 0 Å². The summed E-state index contributed by atoms with van der Waals surface area (Å²) in [6.45, 7) is 5.76. The molecule has 1 N–H and O–H groups in total. The van der Waals surface area contributed by atoms with Gasteiger partial charge >= 0.3 is 0 Å². The molecular weight excluding hydrogens is 220 g/mol. The standard InChI is InChI=1S/C16H22N2/c1-13-4-2-6-16-15(13)8-11-18(16)10-7-14-5-3-9-17-12-14/h2,4,6,8,11,14,17H,3,5,7,9-10,12H2,1H3. The van der Waals surface area contributed by atoms with E-state index in [4.69, 9.17) is 0 Å². The molecule has 2 heterocycles. The summed E-state index contributed by atoms with van der Waals surface area (Å²) in [4.78, 5) is 0. The van der Waals surface area contributed by atoms with E-state index in [1.807, 2.05) is 0 Å². The van der Waals surface area contributed by atoms with Crippen molar-refractivity contribution in [2.24, 2.45) is 5.92 Å². The highest BCUT2D eigenvalue weighted by Gasteiger charge is 2.13. The lowest BCUT2D eigenvalue weighted by atomic mass is 9.96. The largest absolute Gasteiger partial charge is 0.347 e. The molecule has 3 rings (SSSR count). The molecule has 1 aliphatic rings. The number of nitrogens with one attached hydrogen (secondary N) is 1. The maximum absolute atomic E-state index is 3.50. The van der Waals surface area contributed by atoms with Crippen molar-refractivity contribution in [3.8, 4) is 0 Å². The Balaban J connectivity index is 1.72. The minimum atomic E-state index is 0.862. The van der Waals surface area contributed by atoms with Crippen LogP contribution in [0.2, 0.25) is 0 Å². The zero-order chi connectivity index (χ0) is 12.4. The fraction of sp³-hybridized carbons (Fsp3) is 0.500. The number of hydrogen-bond donors (Lipinski definition) is 1. The van der Waals surface area contributed by atoms with E-state index < -0.39 is 0 Å². The Kier molecular flexibility index (Phi) is 3.37. The first-order chi connectivity index (χ1) is 8.84. The van der Waals surface area contributed by atoms with Crippen molar-refractivity contribution in [1.82, 2.24) is 9.88 Å². The molecule has 0 radical (unpaired) electrons. The van der Waals surface area contributed by atoms with Crippen LogP contribution < -0.4 is 5.32 Å². The van der Waals surface area contributed by atoms with Crippen LogP contribution in [-0.2, 0) is 6.54 Å². The van der Waals surface area contributed by atoms with Gasteiger partial charge in [0.05, 0.1) is 0 Å². The second-order valence-corrected chi connectivity index (χ2v) is 5.52. The molecule has 2 heteroatoms. The summed E-state index contributed by atoms with van der Waals surface area (Å²) in [5.74, 6) is 0.862. The third kappa shape index (κ3) is 2.30. The summed E-state index contributed by atoms with van der Waals surface area (Å²) in [7, 11) is 0. The Hall–Kier alpha value is -1.28. The average molecular weight is 242 g/mol. The minimum absolute atomic E-state index is 0.862. The monoisotopic (exact) mass is 242 g/mol. The quantitative estimate of drug-likeness (QED) is 0.873. The van der Waals surface area contributed by atoms with Crippen molar-refractivity contribution >= 4 is 10.9 Å². The second-order valence-electron chi connectivity index (χ2n) is 5.52. The van der Waals surface area contributed by atoms with Crippen LogP contribution >= 0.6 is 0 Å². The van der Waals surface area contributed by atoms with Crippen LogP contribution in [0.25, 0.3) is 10.9 Å². The van der Waals surface area contributed by atoms with Crippen LogP contribution in [0.3, 0.4) is 0 Å². The number of aromatic nitrogens is 1. The zero-order valence-electron chi connectivity index (χ0n) is 11.2. The zero-order valence-corrected chi connectivity index (χ0v) is 11.2. The number of piperidine rings is 1. The summed E-state index contributed by atoms with van der Waals surface area (Å²) in [6, 6.07) is 8.85. The summed E-state index contributed by atoms with van der Waals surface area (Å²) in [5.41, 5.74) is 2.77. The molecule has 0 aliphatic carbocycles. The average Bonchev–Trinajstić information content (AvgIpc) is 2.82. The first-order valence-electron chi connectivity index (χ1n) is 7.10. The minimum Gasteiger partial charge on any atom is -0.347 e. The van der Waals surface area contributed by atoms with E-state index in [9.17, 15) is 0 Å². The van der Waals surface area contributed by atoms with E-state index in [0.717, 1.165) is 12.5 Å². The maximum atomic E-state index is 3.50. The molecule has 0 spiro atoms. The van der Waals surface area contributed by atoms with E-state index in [1.165, 1.54) is 48.8 Å². The number of rotatable bonds is 3. The number of fused-ring (bicyclic) bond motifs is 1. The van der Waals surface area contributed by atoms with Gasteiger partial charge in [-0.2, -0.15) is 0 Å². The smallest absolute Gasteiger partial charge is 0.0482 e. The predicted octanol–water partition coefficient (Wildman–Crippen LogP) is 3.34. The van der Waals surface area contributed by atoms with Gasteiger partial charge in [-0.15, -0.1) is 0 Å². The summed E-state index contributed by atoms with van der Waals surface area (Å²) in [6.07, 6.45) is 6.28. The Bertz CT molecular complexity index is 521. The number of nitrogens with zero attached hydrogens (tertiary/aromatic N) is 1. The van der Waals surface area contributed by atoms with E-state index in [-0.39, 0.29) is 0 Å².